The van der Waals surface area contributed by atoms with Crippen molar-refractivity contribution in [1.82, 2.24) is 4.98 Å². The van der Waals surface area contributed by atoms with Crippen LogP contribution in [-0.4, -0.2) is 15.1 Å². The highest BCUT2D eigenvalue weighted by Crippen LogP contribution is 2.30. The maximum Gasteiger partial charge on any atom is 0.255 e. The number of hydrogen-bond acceptors (Lipinski definition) is 6. The van der Waals surface area contributed by atoms with Gasteiger partial charge in [0.2, 0.25) is 0 Å². The van der Waals surface area contributed by atoms with Crippen LogP contribution in [0.1, 0.15) is 10.4 Å². The molecule has 0 radical (unpaired) electrons. The van der Waals surface area contributed by atoms with Gasteiger partial charge in [0.1, 0.15) is 14.8 Å². The largest absolute Gasteiger partial charge is 0.397 e. The second kappa shape index (κ2) is 8.10. The van der Waals surface area contributed by atoms with E-state index < -0.39 is 9.73 Å². The number of carbonyl (C=O) groups is 1. The Labute approximate surface area is 178 Å². The molecule has 0 bridgehead atoms. The molecule has 6 nitrogen and oxygen atoms in total. The number of nitrogens with zero attached hydrogens (tertiary/aromatic N) is 1. The van der Waals surface area contributed by atoms with E-state index in [2.05, 4.69) is 10.3 Å². The van der Waals surface area contributed by atoms with Gasteiger partial charge in [-0.1, -0.05) is 18.2 Å². The number of amides is 1. The number of hydrogen-bond donors (Lipinski definition) is 3. The van der Waals surface area contributed by atoms with Crippen LogP contribution in [0.4, 0.5) is 11.4 Å². The summed E-state index contributed by atoms with van der Waals surface area (Å²) in [5, 5.41) is 5.00. The van der Waals surface area contributed by atoms with E-state index in [0.717, 1.165) is 10.4 Å². The third-order valence-electron chi connectivity index (χ3n) is 4.49. The Morgan fingerprint density at radius 1 is 1.03 bits per heavy atom. The Balaban J connectivity index is 1.56. The number of anilines is 2. The fourth-order valence-corrected chi connectivity index (χ4v) is 4.86. The molecule has 4 rings (SSSR count). The standard InChI is InChI=1S/C22H18N4O2S2/c23-18-11-8-16(20-4-3-13-29-20)14-19(18)26-22(27)15-6-9-17(10-7-15)30(24,28)21-5-1-2-12-25-21/h1-14,24H,23H2,(H,26,27). The highest BCUT2D eigenvalue weighted by atomic mass is 32.2. The minimum atomic E-state index is -3.24. The summed E-state index contributed by atoms with van der Waals surface area (Å²) in [4.78, 5) is 18.1. The molecule has 2 heterocycles. The van der Waals surface area contributed by atoms with Crippen LogP contribution in [0.15, 0.2) is 94.3 Å². The van der Waals surface area contributed by atoms with Gasteiger partial charge in [-0.05, 0) is 65.5 Å². The maximum atomic E-state index is 12.8. The zero-order valence-electron chi connectivity index (χ0n) is 15.7. The number of carbonyl (C=O) groups excluding carboxylic acids is 1. The molecule has 8 heteroatoms. The summed E-state index contributed by atoms with van der Waals surface area (Å²) < 4.78 is 21.1. The molecule has 0 aliphatic heterocycles. The second-order valence-electron chi connectivity index (χ2n) is 6.48. The second-order valence-corrected chi connectivity index (χ2v) is 9.43. The van der Waals surface area contributed by atoms with Crippen molar-refractivity contribution in [2.24, 2.45) is 0 Å². The van der Waals surface area contributed by atoms with Gasteiger partial charge in [-0.2, -0.15) is 0 Å². The van der Waals surface area contributed by atoms with Crippen molar-refractivity contribution in [2.75, 3.05) is 11.1 Å². The molecule has 1 amide bonds. The third-order valence-corrected chi connectivity index (χ3v) is 7.17. The first kappa shape index (κ1) is 19.8. The first-order valence-electron chi connectivity index (χ1n) is 9.00. The molecule has 0 saturated carbocycles. The van der Waals surface area contributed by atoms with E-state index in [1.54, 1.807) is 47.7 Å². The molecule has 1 atom stereocenters. The van der Waals surface area contributed by atoms with Crippen LogP contribution in [-0.2, 0) is 9.73 Å². The highest BCUT2D eigenvalue weighted by Gasteiger charge is 2.16. The van der Waals surface area contributed by atoms with E-state index in [1.165, 1.54) is 18.3 Å². The average molecular weight is 435 g/mol. The molecule has 4 N–H and O–H groups in total. The normalized spacial score (nSPS) is 12.8. The third kappa shape index (κ3) is 3.96. The lowest BCUT2D eigenvalue weighted by atomic mass is 10.1. The molecule has 2 aromatic heterocycles. The highest BCUT2D eigenvalue weighted by molar-refractivity contribution is 7.92. The molecule has 0 aliphatic rings. The quantitative estimate of drug-likeness (QED) is 0.379. The van der Waals surface area contributed by atoms with Gasteiger partial charge in [0.15, 0.2) is 0 Å². The number of benzene rings is 2. The topological polar surface area (TPSA) is 109 Å². The van der Waals surface area contributed by atoms with Gasteiger partial charge in [-0.15, -0.1) is 11.3 Å². The van der Waals surface area contributed by atoms with E-state index in [0.29, 0.717) is 16.9 Å². The van der Waals surface area contributed by atoms with Crippen molar-refractivity contribution in [1.29, 1.82) is 4.78 Å². The van der Waals surface area contributed by atoms with Crippen molar-refractivity contribution in [2.45, 2.75) is 9.92 Å². The molecule has 2 aromatic carbocycles. The summed E-state index contributed by atoms with van der Waals surface area (Å²) in [6, 6.07) is 20.5. The summed E-state index contributed by atoms with van der Waals surface area (Å²) in [6.07, 6.45) is 1.50. The molecule has 0 saturated heterocycles. The molecule has 4 aromatic rings. The van der Waals surface area contributed by atoms with Crippen LogP contribution < -0.4 is 11.1 Å². The Bertz CT molecular complexity index is 1280. The van der Waals surface area contributed by atoms with Crippen molar-refractivity contribution in [3.63, 3.8) is 0 Å². The van der Waals surface area contributed by atoms with Crippen LogP contribution >= 0.6 is 11.3 Å². The lowest BCUT2D eigenvalue weighted by Crippen LogP contribution is -2.13. The fraction of sp³-hybridized carbons (Fsp3) is 0. The summed E-state index contributed by atoms with van der Waals surface area (Å²) >= 11 is 1.60. The van der Waals surface area contributed by atoms with Crippen LogP contribution in [0.5, 0.6) is 0 Å². The summed E-state index contributed by atoms with van der Waals surface area (Å²) in [7, 11) is -3.24. The predicted molar refractivity (Wildman–Crippen MR) is 120 cm³/mol. The van der Waals surface area contributed by atoms with Crippen molar-refractivity contribution >= 4 is 38.3 Å². The van der Waals surface area contributed by atoms with Gasteiger partial charge in [0.25, 0.3) is 5.91 Å². The van der Waals surface area contributed by atoms with E-state index in [4.69, 9.17) is 10.5 Å². The summed E-state index contributed by atoms with van der Waals surface area (Å²) in [5.41, 5.74) is 8.36. The van der Waals surface area contributed by atoms with Crippen LogP contribution in [0, 0.1) is 4.78 Å². The zero-order valence-corrected chi connectivity index (χ0v) is 17.4. The Kier molecular flexibility index (Phi) is 5.35. The van der Waals surface area contributed by atoms with Gasteiger partial charge < -0.3 is 11.1 Å². The van der Waals surface area contributed by atoms with E-state index in [-0.39, 0.29) is 15.8 Å². The van der Waals surface area contributed by atoms with Gasteiger partial charge >= 0.3 is 0 Å². The number of nitrogen functional groups attached to an aromatic ring is 1. The van der Waals surface area contributed by atoms with Gasteiger partial charge in [0.05, 0.1) is 16.3 Å². The molecule has 0 aliphatic carbocycles. The average Bonchev–Trinajstić information content (AvgIpc) is 3.31. The Morgan fingerprint density at radius 3 is 2.50 bits per heavy atom. The molecule has 30 heavy (non-hydrogen) atoms. The number of nitrogens with one attached hydrogen (secondary N) is 2. The Morgan fingerprint density at radius 2 is 1.83 bits per heavy atom. The van der Waals surface area contributed by atoms with Gasteiger partial charge in [0, 0.05) is 16.6 Å². The number of nitrogens with two attached hydrogens (primary N) is 1. The SMILES string of the molecule is N=S(=O)(c1ccc(C(=O)Nc2cc(-c3cccs3)ccc2N)cc1)c1ccccn1. The molecule has 0 spiro atoms. The zero-order chi connectivity index (χ0) is 21.1. The summed E-state index contributed by atoms with van der Waals surface area (Å²) in [6.45, 7) is 0. The van der Waals surface area contributed by atoms with E-state index in [9.17, 15) is 9.00 Å². The van der Waals surface area contributed by atoms with E-state index in [1.807, 2.05) is 29.6 Å². The lowest BCUT2D eigenvalue weighted by molar-refractivity contribution is 0.102. The van der Waals surface area contributed by atoms with Crippen molar-refractivity contribution in [3.8, 4) is 10.4 Å². The smallest absolute Gasteiger partial charge is 0.255 e. The fourth-order valence-electron chi connectivity index (χ4n) is 2.89. The number of rotatable bonds is 5. The maximum absolute atomic E-state index is 12.8. The van der Waals surface area contributed by atoms with Crippen molar-refractivity contribution in [3.05, 3.63) is 89.9 Å². The van der Waals surface area contributed by atoms with Gasteiger partial charge in [-0.3, -0.25) is 4.79 Å². The minimum Gasteiger partial charge on any atom is -0.397 e. The minimum absolute atomic E-state index is 0.181. The number of pyridine rings is 1. The van der Waals surface area contributed by atoms with Crippen LogP contribution in [0.25, 0.3) is 10.4 Å². The number of thiophene rings is 1. The molecule has 1 unspecified atom stereocenters. The first-order chi connectivity index (χ1) is 14.4. The Hall–Kier alpha value is -3.49. The van der Waals surface area contributed by atoms with Crippen LogP contribution in [0.2, 0.25) is 0 Å². The summed E-state index contributed by atoms with van der Waals surface area (Å²) in [5.74, 6) is -0.342. The van der Waals surface area contributed by atoms with Gasteiger partial charge in [-0.25, -0.2) is 14.0 Å². The molecular formula is C22H18N4O2S2. The van der Waals surface area contributed by atoms with E-state index >= 15 is 0 Å². The molecular weight excluding hydrogens is 416 g/mol. The first-order valence-corrected chi connectivity index (χ1v) is 11.4. The lowest BCUT2D eigenvalue weighted by Gasteiger charge is -2.11. The molecule has 0 fully saturated rings. The van der Waals surface area contributed by atoms with Crippen LogP contribution in [0.3, 0.4) is 0 Å². The van der Waals surface area contributed by atoms with Crippen molar-refractivity contribution < 1.29 is 9.00 Å². The predicted octanol–water partition coefficient (Wildman–Crippen LogP) is 5.11. The number of aromatic nitrogens is 1. The molecule has 150 valence electrons. The monoisotopic (exact) mass is 434 g/mol.